The van der Waals surface area contributed by atoms with Gasteiger partial charge in [-0.1, -0.05) is 30.3 Å². The van der Waals surface area contributed by atoms with Gasteiger partial charge >= 0.3 is 0 Å². The number of hydrogen-bond acceptors (Lipinski definition) is 3. The molecule has 0 aliphatic rings. The standard InChI is InChI=1S/C11H16N2OS/c1-11(13,10(12)14)8-15-7-9-5-3-2-4-6-9/h2-6H,7-8,13H2,1H3,(H2,12,14)/t11-/m1/s1. The SMILES string of the molecule is C[C@@](N)(CSCc1ccccc1)C(N)=O. The lowest BCUT2D eigenvalue weighted by Gasteiger charge is -2.19. The fourth-order valence-corrected chi connectivity index (χ4v) is 2.12. The number of primary amides is 1. The molecule has 0 aliphatic carbocycles. The maximum absolute atomic E-state index is 10.9. The van der Waals surface area contributed by atoms with Gasteiger partial charge < -0.3 is 11.5 Å². The van der Waals surface area contributed by atoms with Gasteiger partial charge in [-0.25, -0.2) is 0 Å². The Bertz CT molecular complexity index is 325. The zero-order valence-corrected chi connectivity index (χ0v) is 9.59. The first-order valence-corrected chi connectivity index (χ1v) is 5.88. The van der Waals surface area contributed by atoms with Gasteiger partial charge in [0.2, 0.25) is 5.91 Å². The lowest BCUT2D eigenvalue weighted by Crippen LogP contribution is -2.51. The molecule has 0 fully saturated rings. The van der Waals surface area contributed by atoms with Gasteiger partial charge in [-0.05, 0) is 12.5 Å². The minimum atomic E-state index is -0.917. The molecule has 15 heavy (non-hydrogen) atoms. The van der Waals surface area contributed by atoms with E-state index in [0.29, 0.717) is 5.75 Å². The molecule has 82 valence electrons. The van der Waals surface area contributed by atoms with Crippen LogP contribution in [0.4, 0.5) is 0 Å². The first-order chi connectivity index (χ1) is 7.02. The molecule has 1 aromatic carbocycles. The Morgan fingerprint density at radius 3 is 2.53 bits per heavy atom. The molecule has 4 heteroatoms. The van der Waals surface area contributed by atoms with Gasteiger partial charge in [0.1, 0.15) is 5.54 Å². The Morgan fingerprint density at radius 1 is 1.40 bits per heavy atom. The third-order valence-electron chi connectivity index (χ3n) is 2.08. The fraction of sp³-hybridized carbons (Fsp3) is 0.364. The first-order valence-electron chi connectivity index (χ1n) is 4.73. The summed E-state index contributed by atoms with van der Waals surface area (Å²) in [4.78, 5) is 10.9. The largest absolute Gasteiger partial charge is 0.368 e. The van der Waals surface area contributed by atoms with Crippen LogP contribution >= 0.6 is 11.8 Å². The predicted molar refractivity (Wildman–Crippen MR) is 64.4 cm³/mol. The highest BCUT2D eigenvalue weighted by atomic mass is 32.2. The highest BCUT2D eigenvalue weighted by Gasteiger charge is 2.25. The summed E-state index contributed by atoms with van der Waals surface area (Å²) in [6, 6.07) is 10.1. The number of thioether (sulfide) groups is 1. The summed E-state index contributed by atoms with van der Waals surface area (Å²) in [5.41, 5.74) is 11.2. The molecule has 0 unspecified atom stereocenters. The van der Waals surface area contributed by atoms with E-state index >= 15 is 0 Å². The summed E-state index contributed by atoms with van der Waals surface area (Å²) in [5, 5.41) is 0. The third-order valence-corrected chi connectivity index (χ3v) is 3.42. The summed E-state index contributed by atoms with van der Waals surface area (Å²) >= 11 is 1.62. The quantitative estimate of drug-likeness (QED) is 0.787. The van der Waals surface area contributed by atoms with Crippen LogP contribution < -0.4 is 11.5 Å². The second-order valence-electron chi connectivity index (χ2n) is 3.76. The third kappa shape index (κ3) is 3.93. The Kier molecular flexibility index (Phi) is 4.17. The zero-order chi connectivity index (χ0) is 11.3. The van der Waals surface area contributed by atoms with E-state index in [1.54, 1.807) is 18.7 Å². The summed E-state index contributed by atoms with van der Waals surface area (Å²) in [5.74, 6) is 0.932. The number of hydrogen-bond donors (Lipinski definition) is 2. The van der Waals surface area contributed by atoms with Crippen LogP contribution in [0.1, 0.15) is 12.5 Å². The van der Waals surface area contributed by atoms with Crippen molar-refractivity contribution in [3.8, 4) is 0 Å². The molecule has 0 aliphatic heterocycles. The number of carbonyl (C=O) groups is 1. The zero-order valence-electron chi connectivity index (χ0n) is 8.77. The molecular formula is C11H16N2OS. The van der Waals surface area contributed by atoms with Crippen molar-refractivity contribution >= 4 is 17.7 Å². The smallest absolute Gasteiger partial charge is 0.238 e. The van der Waals surface area contributed by atoms with Gasteiger partial charge in [0.25, 0.3) is 0 Å². The van der Waals surface area contributed by atoms with Crippen LogP contribution in [0.15, 0.2) is 30.3 Å². The van der Waals surface area contributed by atoms with E-state index in [1.807, 2.05) is 30.3 Å². The number of carbonyl (C=O) groups excluding carboxylic acids is 1. The minimum absolute atomic E-state index is 0.455. The van der Waals surface area contributed by atoms with Gasteiger partial charge in [-0.15, -0.1) is 0 Å². The molecule has 0 saturated heterocycles. The molecule has 0 bridgehead atoms. The molecule has 1 rings (SSSR count). The maximum Gasteiger partial charge on any atom is 0.238 e. The summed E-state index contributed by atoms with van der Waals surface area (Å²) in [7, 11) is 0. The van der Waals surface area contributed by atoms with Crippen molar-refractivity contribution in [2.75, 3.05) is 5.75 Å². The topological polar surface area (TPSA) is 69.1 Å². The van der Waals surface area contributed by atoms with E-state index in [9.17, 15) is 4.79 Å². The predicted octanol–water partition coefficient (Wildman–Crippen LogP) is 1.12. The van der Waals surface area contributed by atoms with Crippen LogP contribution in [-0.4, -0.2) is 17.2 Å². The van der Waals surface area contributed by atoms with Crippen LogP contribution in [0.2, 0.25) is 0 Å². The summed E-state index contributed by atoms with van der Waals surface area (Å²) in [6.07, 6.45) is 0. The Labute approximate surface area is 94.2 Å². The fourth-order valence-electron chi connectivity index (χ4n) is 1.03. The second kappa shape index (κ2) is 5.19. The van der Waals surface area contributed by atoms with Crippen molar-refractivity contribution in [2.45, 2.75) is 18.2 Å². The van der Waals surface area contributed by atoms with Crippen LogP contribution in [0.25, 0.3) is 0 Å². The van der Waals surface area contributed by atoms with Crippen LogP contribution in [-0.2, 0) is 10.5 Å². The molecule has 3 nitrogen and oxygen atoms in total. The second-order valence-corrected chi connectivity index (χ2v) is 4.75. The molecule has 0 radical (unpaired) electrons. The van der Waals surface area contributed by atoms with Gasteiger partial charge in [0, 0.05) is 11.5 Å². The van der Waals surface area contributed by atoms with E-state index in [-0.39, 0.29) is 0 Å². The molecule has 1 aromatic rings. The van der Waals surface area contributed by atoms with Crippen LogP contribution in [0.5, 0.6) is 0 Å². The average molecular weight is 224 g/mol. The number of rotatable bonds is 5. The average Bonchev–Trinajstić information content (AvgIpc) is 2.19. The van der Waals surface area contributed by atoms with E-state index in [2.05, 4.69) is 0 Å². The Morgan fingerprint density at radius 2 is 2.00 bits per heavy atom. The molecule has 0 aromatic heterocycles. The maximum atomic E-state index is 10.9. The molecule has 0 heterocycles. The number of amides is 1. The van der Waals surface area contributed by atoms with E-state index < -0.39 is 11.4 Å². The number of nitrogens with two attached hydrogens (primary N) is 2. The first kappa shape index (κ1) is 12.1. The molecule has 0 saturated carbocycles. The van der Waals surface area contributed by atoms with Gasteiger partial charge in [-0.3, -0.25) is 4.79 Å². The summed E-state index contributed by atoms with van der Waals surface area (Å²) in [6.45, 7) is 1.66. The van der Waals surface area contributed by atoms with E-state index in [1.165, 1.54) is 5.56 Å². The van der Waals surface area contributed by atoms with Gasteiger partial charge in [0.05, 0.1) is 0 Å². The Hall–Kier alpha value is -1.00. The van der Waals surface area contributed by atoms with Gasteiger partial charge in [-0.2, -0.15) is 11.8 Å². The van der Waals surface area contributed by atoms with E-state index in [0.717, 1.165) is 5.75 Å². The highest BCUT2D eigenvalue weighted by molar-refractivity contribution is 7.98. The van der Waals surface area contributed by atoms with Crippen molar-refractivity contribution in [1.82, 2.24) is 0 Å². The monoisotopic (exact) mass is 224 g/mol. The van der Waals surface area contributed by atoms with Crippen molar-refractivity contribution < 1.29 is 4.79 Å². The summed E-state index contributed by atoms with van der Waals surface area (Å²) < 4.78 is 0. The number of benzene rings is 1. The molecule has 1 atom stereocenters. The normalized spacial score (nSPS) is 14.5. The lowest BCUT2D eigenvalue weighted by atomic mass is 10.1. The molecule has 4 N–H and O–H groups in total. The molecule has 0 spiro atoms. The van der Waals surface area contributed by atoms with E-state index in [4.69, 9.17) is 11.5 Å². The Balaban J connectivity index is 2.37. The lowest BCUT2D eigenvalue weighted by molar-refractivity contribution is -0.121. The van der Waals surface area contributed by atoms with Crippen LogP contribution in [0, 0.1) is 0 Å². The van der Waals surface area contributed by atoms with Crippen LogP contribution in [0.3, 0.4) is 0 Å². The van der Waals surface area contributed by atoms with Crippen molar-refractivity contribution in [3.05, 3.63) is 35.9 Å². The molecule has 1 amide bonds. The molecular weight excluding hydrogens is 208 g/mol. The van der Waals surface area contributed by atoms with Gasteiger partial charge in [0.15, 0.2) is 0 Å². The highest BCUT2D eigenvalue weighted by Crippen LogP contribution is 2.16. The van der Waals surface area contributed by atoms with Crippen molar-refractivity contribution in [3.63, 3.8) is 0 Å². The minimum Gasteiger partial charge on any atom is -0.368 e. The van der Waals surface area contributed by atoms with Crippen molar-refractivity contribution in [2.24, 2.45) is 11.5 Å². The van der Waals surface area contributed by atoms with Crippen molar-refractivity contribution in [1.29, 1.82) is 0 Å².